The summed E-state index contributed by atoms with van der Waals surface area (Å²) in [5, 5.41) is 63.6. The number of aromatic nitrogens is 8. The van der Waals surface area contributed by atoms with Gasteiger partial charge in [-0.05, 0) is 48.2 Å². The molecule has 2 aromatic carbocycles. The summed E-state index contributed by atoms with van der Waals surface area (Å²) in [5.41, 5.74) is 2.48. The Morgan fingerprint density at radius 1 is 1.08 bits per heavy atom. The third-order valence-electron chi connectivity index (χ3n) is 8.98. The van der Waals surface area contributed by atoms with Gasteiger partial charge >= 0.3 is 6.03 Å². The number of phenolic OH excluding ortho intramolecular Hbond substituents is 1. The number of fused-ring (bicyclic) bond motifs is 1. The number of aliphatic hydroxyl groups is 3. The Labute approximate surface area is 292 Å². The van der Waals surface area contributed by atoms with Crippen LogP contribution in [-0.2, 0) is 24.2 Å². The fourth-order valence-corrected chi connectivity index (χ4v) is 6.34. The van der Waals surface area contributed by atoms with E-state index < -0.39 is 30.6 Å². The van der Waals surface area contributed by atoms with Crippen LogP contribution >= 0.6 is 0 Å². The number of aromatic hydroxyl groups is 1. The number of anilines is 2. The second-order valence-electron chi connectivity index (χ2n) is 12.6. The number of nitrogens with zero attached hydrogens (tertiary/aromatic N) is 9. The number of aryl methyl sites for hydroxylation is 1. The molecule has 0 bridgehead atoms. The van der Waals surface area contributed by atoms with Crippen molar-refractivity contribution in [1.29, 1.82) is 0 Å². The zero-order chi connectivity index (χ0) is 35.5. The molecule has 0 aliphatic carbocycles. The van der Waals surface area contributed by atoms with Crippen LogP contribution in [0.5, 0.6) is 5.75 Å². The van der Waals surface area contributed by atoms with Crippen LogP contribution in [0.1, 0.15) is 42.6 Å². The number of nitrogens with one attached hydrogen (secondary N) is 3. The number of hydrogen-bond donors (Lipinski definition) is 7. The molecule has 2 aliphatic rings. The highest BCUT2D eigenvalue weighted by atomic mass is 16.6. The molecule has 18 nitrogen and oxygen atoms in total. The lowest BCUT2D eigenvalue weighted by molar-refractivity contribution is -0.0384. The molecule has 3 aromatic heterocycles. The molecule has 2 fully saturated rings. The molecular weight excluding hydrogens is 660 g/mol. The first-order valence-electron chi connectivity index (χ1n) is 16.8. The van der Waals surface area contributed by atoms with Gasteiger partial charge in [0.2, 0.25) is 11.8 Å². The summed E-state index contributed by atoms with van der Waals surface area (Å²) in [6.07, 6.45) is -2.27. The fraction of sp³-hybridized carbons (Fsp3) is 0.424. The van der Waals surface area contributed by atoms with Crippen molar-refractivity contribution in [3.8, 4) is 5.75 Å². The van der Waals surface area contributed by atoms with Gasteiger partial charge in [0.1, 0.15) is 18.0 Å². The van der Waals surface area contributed by atoms with Crippen LogP contribution in [0.25, 0.3) is 11.2 Å². The zero-order valence-electron chi connectivity index (χ0n) is 27.8. The maximum atomic E-state index is 12.7. The number of hydrogen-bond acceptors (Lipinski definition) is 14. The van der Waals surface area contributed by atoms with Gasteiger partial charge in [-0.1, -0.05) is 42.5 Å². The normalized spacial score (nSPS) is 22.4. The number of tetrazole rings is 1. The predicted molar refractivity (Wildman–Crippen MR) is 182 cm³/mol. The van der Waals surface area contributed by atoms with Crippen LogP contribution in [0.4, 0.5) is 16.6 Å². The first kappa shape index (κ1) is 34.0. The topological polar surface area (TPSA) is 234 Å². The molecular formula is C33H40N12O6. The number of amides is 2. The van der Waals surface area contributed by atoms with Crippen LogP contribution in [0.15, 0.2) is 60.9 Å². The molecule has 1 unspecified atom stereocenters. The van der Waals surface area contributed by atoms with Crippen molar-refractivity contribution < 1.29 is 30.0 Å². The number of imidazole rings is 1. The third kappa shape index (κ3) is 7.39. The summed E-state index contributed by atoms with van der Waals surface area (Å²) in [6, 6.07) is 15.5. The number of urea groups is 1. The van der Waals surface area contributed by atoms with E-state index in [1.54, 1.807) is 18.2 Å². The third-order valence-corrected chi connectivity index (χ3v) is 8.98. The number of aliphatic hydroxyl groups excluding tert-OH is 3. The Morgan fingerprint density at radius 3 is 2.67 bits per heavy atom. The van der Waals surface area contributed by atoms with Gasteiger partial charge in [-0.25, -0.2) is 9.78 Å². The molecule has 5 aromatic rings. The molecule has 2 aliphatic heterocycles. The molecule has 2 amide bonds. The monoisotopic (exact) mass is 700 g/mol. The fourth-order valence-electron chi connectivity index (χ4n) is 6.34. The van der Waals surface area contributed by atoms with E-state index in [0.717, 1.165) is 11.1 Å². The summed E-state index contributed by atoms with van der Waals surface area (Å²) in [4.78, 5) is 30.3. The molecule has 7 N–H and O–H groups in total. The molecule has 0 radical (unpaired) electrons. The highest BCUT2D eigenvalue weighted by molar-refractivity contribution is 5.84. The standard InChI is InChI=1S/C33H40N12O6/c1-2-45-41-29(40-42-45)27-25(48)26(49)31(51-27)44-18-35-24-28(36-22(17-46)13-19-7-4-3-5-8-19)38-32(39-30(24)44)43-12-11-21(16-43)37-33(50)34-15-20-9-6-10-23(47)14-20/h3-10,14,18,21-22,25-27,31,46-49H,2,11-13,15-17H2,1H3,(H2,34,37,50)(H,36,38,39)/t21?,22-,25-,26+,27-,31+/m0/s1. The van der Waals surface area contributed by atoms with Crippen molar-refractivity contribution in [3.63, 3.8) is 0 Å². The Kier molecular flexibility index (Phi) is 9.89. The minimum atomic E-state index is -1.38. The number of carbonyl (C=O) groups is 1. The molecule has 6 atom stereocenters. The van der Waals surface area contributed by atoms with Crippen molar-refractivity contribution in [2.75, 3.05) is 29.9 Å². The molecule has 51 heavy (non-hydrogen) atoms. The smallest absolute Gasteiger partial charge is 0.315 e. The lowest BCUT2D eigenvalue weighted by atomic mass is 10.1. The van der Waals surface area contributed by atoms with E-state index in [0.29, 0.717) is 55.4 Å². The molecule has 7 rings (SSSR count). The van der Waals surface area contributed by atoms with Crippen molar-refractivity contribution >= 4 is 29.0 Å². The maximum Gasteiger partial charge on any atom is 0.315 e. The molecule has 18 heteroatoms. The van der Waals surface area contributed by atoms with E-state index in [1.807, 2.05) is 48.2 Å². The van der Waals surface area contributed by atoms with Crippen molar-refractivity contribution in [1.82, 2.24) is 50.4 Å². The number of carbonyl (C=O) groups excluding carboxylic acids is 1. The highest BCUT2D eigenvalue weighted by Gasteiger charge is 2.47. The lowest BCUT2D eigenvalue weighted by Gasteiger charge is -2.22. The minimum absolute atomic E-state index is 0.127. The molecule has 0 saturated carbocycles. The van der Waals surface area contributed by atoms with E-state index in [-0.39, 0.29) is 36.8 Å². The van der Waals surface area contributed by atoms with Gasteiger partial charge in [-0.3, -0.25) is 4.57 Å². The second kappa shape index (κ2) is 14.8. The summed E-state index contributed by atoms with van der Waals surface area (Å²) in [5.74, 6) is 0.967. The molecule has 268 valence electrons. The largest absolute Gasteiger partial charge is 0.508 e. The quantitative estimate of drug-likeness (QED) is 0.0946. The Balaban J connectivity index is 1.14. The van der Waals surface area contributed by atoms with Gasteiger partial charge in [0, 0.05) is 25.7 Å². The van der Waals surface area contributed by atoms with E-state index in [1.165, 1.54) is 15.7 Å². The van der Waals surface area contributed by atoms with Gasteiger partial charge in [-0.15, -0.1) is 10.2 Å². The Hall–Kier alpha value is -5.43. The van der Waals surface area contributed by atoms with E-state index in [2.05, 4.69) is 36.3 Å². The van der Waals surface area contributed by atoms with Crippen molar-refractivity contribution in [2.45, 2.75) is 69.5 Å². The SMILES string of the molecule is CCn1nnc([C@H]2O[C@@H](n3cnc4c(N[C@H](CO)Cc5ccccc5)nc(N5CCC(NC(=O)NCc6cccc(O)c6)C5)nc43)[C@H](O)[C@@H]2O)n1. The van der Waals surface area contributed by atoms with E-state index >= 15 is 0 Å². The van der Waals surface area contributed by atoms with Crippen LogP contribution in [-0.4, -0.2) is 110 Å². The van der Waals surface area contributed by atoms with Crippen molar-refractivity contribution in [3.05, 3.63) is 77.9 Å². The van der Waals surface area contributed by atoms with Crippen LogP contribution in [0.2, 0.25) is 0 Å². The Bertz CT molecular complexity index is 1960. The Morgan fingerprint density at radius 2 is 1.90 bits per heavy atom. The minimum Gasteiger partial charge on any atom is -0.508 e. The van der Waals surface area contributed by atoms with Gasteiger partial charge in [-0.2, -0.15) is 14.8 Å². The number of phenols is 1. The van der Waals surface area contributed by atoms with E-state index in [9.17, 15) is 25.2 Å². The molecule has 5 heterocycles. The van der Waals surface area contributed by atoms with E-state index in [4.69, 9.17) is 14.7 Å². The zero-order valence-corrected chi connectivity index (χ0v) is 27.8. The second-order valence-corrected chi connectivity index (χ2v) is 12.6. The van der Waals surface area contributed by atoms with Gasteiger partial charge in [0.25, 0.3) is 0 Å². The first-order valence-corrected chi connectivity index (χ1v) is 16.8. The number of ether oxygens (including phenoxy) is 1. The van der Waals surface area contributed by atoms with Crippen LogP contribution in [0, 0.1) is 0 Å². The van der Waals surface area contributed by atoms with Gasteiger partial charge in [0.05, 0.1) is 25.5 Å². The summed E-state index contributed by atoms with van der Waals surface area (Å²) >= 11 is 0. The summed E-state index contributed by atoms with van der Waals surface area (Å²) in [7, 11) is 0. The van der Waals surface area contributed by atoms with Crippen LogP contribution in [0.3, 0.4) is 0 Å². The number of benzene rings is 2. The van der Waals surface area contributed by atoms with Gasteiger partial charge in [0.15, 0.2) is 29.3 Å². The summed E-state index contributed by atoms with van der Waals surface area (Å²) < 4.78 is 7.67. The van der Waals surface area contributed by atoms with Gasteiger partial charge < -0.3 is 46.0 Å². The van der Waals surface area contributed by atoms with Crippen LogP contribution < -0.4 is 20.9 Å². The summed E-state index contributed by atoms with van der Waals surface area (Å²) in [6.45, 7) is 3.33. The molecule has 0 spiro atoms. The predicted octanol–water partition coefficient (Wildman–Crippen LogP) is 0.624. The lowest BCUT2D eigenvalue weighted by Crippen LogP contribution is -2.43. The first-order chi connectivity index (χ1) is 24.8. The average molecular weight is 701 g/mol. The molecule has 2 saturated heterocycles. The highest BCUT2D eigenvalue weighted by Crippen LogP contribution is 2.39. The van der Waals surface area contributed by atoms with Crippen molar-refractivity contribution in [2.24, 2.45) is 0 Å². The average Bonchev–Trinajstić information content (AvgIpc) is 3.95. The maximum absolute atomic E-state index is 12.7. The number of rotatable bonds is 12.